The molecule has 0 aliphatic rings. The zero-order chi connectivity index (χ0) is 16.6. The summed E-state index contributed by atoms with van der Waals surface area (Å²) in [5.74, 6) is 0. The number of rotatable bonds is 5. The molecule has 0 radical (unpaired) electrons. The molecular weight excluding hydrogens is 294 g/mol. The topological polar surface area (TPSA) is 37.1 Å². The van der Waals surface area contributed by atoms with Gasteiger partial charge in [-0.05, 0) is 53.9 Å². The zero-order valence-electron chi connectivity index (χ0n) is 13.6. The van der Waals surface area contributed by atoms with Crippen LogP contribution in [-0.2, 0) is 6.42 Å². The lowest BCUT2D eigenvalue weighted by atomic mass is 10.1. The van der Waals surface area contributed by atoms with E-state index in [9.17, 15) is 0 Å². The number of aryl methyl sites for hydroxylation is 1. The van der Waals surface area contributed by atoms with Crippen LogP contribution in [0, 0.1) is 0 Å². The van der Waals surface area contributed by atoms with Crippen LogP contribution < -0.4 is 0 Å². The summed E-state index contributed by atoms with van der Waals surface area (Å²) < 4.78 is 0. The third-order valence-corrected chi connectivity index (χ3v) is 3.61. The predicted molar refractivity (Wildman–Crippen MR) is 100 cm³/mol. The van der Waals surface area contributed by atoms with Gasteiger partial charge in [-0.2, -0.15) is 10.2 Å². The second kappa shape index (κ2) is 7.97. The van der Waals surface area contributed by atoms with Gasteiger partial charge in [-0.1, -0.05) is 49.4 Å². The minimum Gasteiger partial charge on any atom is -0.256 e. The molecule has 0 heterocycles. The van der Waals surface area contributed by atoms with Crippen LogP contribution in [0.5, 0.6) is 0 Å². The lowest BCUT2D eigenvalue weighted by Crippen LogP contribution is -1.77. The van der Waals surface area contributed by atoms with Crippen molar-refractivity contribution in [3.63, 3.8) is 0 Å². The largest absolute Gasteiger partial charge is 0.256 e. The fraction of sp³-hybridized carbons (Fsp3) is 0.0952. The highest BCUT2D eigenvalue weighted by atomic mass is 15.1. The third kappa shape index (κ3) is 4.46. The van der Waals surface area contributed by atoms with Gasteiger partial charge in [0.25, 0.3) is 0 Å². The van der Waals surface area contributed by atoms with Gasteiger partial charge in [0.15, 0.2) is 0 Å². The first kappa shape index (κ1) is 15.8. The molecule has 3 aromatic rings. The Labute approximate surface area is 142 Å². The van der Waals surface area contributed by atoms with E-state index in [1.165, 1.54) is 5.56 Å². The van der Waals surface area contributed by atoms with E-state index in [0.717, 1.165) is 29.0 Å². The molecule has 0 unspecified atom stereocenters. The van der Waals surface area contributed by atoms with Crippen molar-refractivity contribution < 1.29 is 0 Å². The fourth-order valence-electron chi connectivity index (χ4n) is 2.25. The molecule has 0 bridgehead atoms. The molecular formula is C21H19N3. The Morgan fingerprint density at radius 3 is 2.17 bits per heavy atom. The van der Waals surface area contributed by atoms with Gasteiger partial charge >= 0.3 is 0 Å². The summed E-state index contributed by atoms with van der Waals surface area (Å²) in [6, 6.07) is 25.9. The van der Waals surface area contributed by atoms with Crippen molar-refractivity contribution in [2.75, 3.05) is 0 Å². The average molecular weight is 313 g/mol. The molecule has 0 N–H and O–H groups in total. The first-order chi connectivity index (χ1) is 11.8. The Kier molecular flexibility index (Phi) is 5.25. The molecule has 24 heavy (non-hydrogen) atoms. The number of azo groups is 1. The molecule has 0 aliphatic heterocycles. The second-order valence-electron chi connectivity index (χ2n) is 5.41. The molecule has 0 aliphatic carbocycles. The molecule has 3 heteroatoms. The molecule has 0 atom stereocenters. The highest BCUT2D eigenvalue weighted by Gasteiger charge is 1.94. The highest BCUT2D eigenvalue weighted by molar-refractivity contribution is 5.81. The van der Waals surface area contributed by atoms with E-state index >= 15 is 0 Å². The standard InChI is InChI=1S/C21H19N3/c1-2-17-9-6-10-21(15-17)24-23-20-13-11-19(12-14-20)22-16-18-7-4-3-5-8-18/h3-16H,2H2,1H3. The SMILES string of the molecule is CCc1cccc(N=Nc2ccc(N=Cc3ccccc3)cc2)c1. The zero-order valence-corrected chi connectivity index (χ0v) is 13.6. The van der Waals surface area contributed by atoms with E-state index in [2.05, 4.69) is 34.3 Å². The molecule has 0 aromatic heterocycles. The maximum atomic E-state index is 4.46. The van der Waals surface area contributed by atoms with Crippen molar-refractivity contribution in [1.82, 2.24) is 0 Å². The first-order valence-corrected chi connectivity index (χ1v) is 8.03. The van der Waals surface area contributed by atoms with Gasteiger partial charge < -0.3 is 0 Å². The van der Waals surface area contributed by atoms with Gasteiger partial charge in [0.2, 0.25) is 0 Å². The second-order valence-corrected chi connectivity index (χ2v) is 5.41. The Morgan fingerprint density at radius 2 is 1.42 bits per heavy atom. The molecule has 3 aromatic carbocycles. The van der Waals surface area contributed by atoms with Crippen LogP contribution in [0.4, 0.5) is 17.1 Å². The Morgan fingerprint density at radius 1 is 0.708 bits per heavy atom. The number of benzene rings is 3. The normalized spacial score (nSPS) is 11.4. The minimum atomic E-state index is 0.815. The summed E-state index contributed by atoms with van der Waals surface area (Å²) in [4.78, 5) is 4.46. The first-order valence-electron chi connectivity index (χ1n) is 8.03. The van der Waals surface area contributed by atoms with E-state index in [4.69, 9.17) is 0 Å². The van der Waals surface area contributed by atoms with E-state index in [0.29, 0.717) is 0 Å². The van der Waals surface area contributed by atoms with Crippen LogP contribution in [0.15, 0.2) is 94.1 Å². The molecule has 0 saturated carbocycles. The van der Waals surface area contributed by atoms with Gasteiger partial charge in [-0.15, -0.1) is 0 Å². The van der Waals surface area contributed by atoms with Crippen LogP contribution >= 0.6 is 0 Å². The summed E-state index contributed by atoms with van der Waals surface area (Å²) in [6.45, 7) is 2.13. The van der Waals surface area contributed by atoms with Crippen molar-refractivity contribution in [3.8, 4) is 0 Å². The van der Waals surface area contributed by atoms with Gasteiger partial charge in [-0.3, -0.25) is 4.99 Å². The van der Waals surface area contributed by atoms with Crippen LogP contribution in [0.3, 0.4) is 0 Å². The average Bonchev–Trinajstić information content (AvgIpc) is 2.66. The smallest absolute Gasteiger partial charge is 0.0859 e. The maximum absolute atomic E-state index is 4.46. The minimum absolute atomic E-state index is 0.815. The van der Waals surface area contributed by atoms with Gasteiger partial charge in [0.05, 0.1) is 17.1 Å². The van der Waals surface area contributed by atoms with E-state index in [1.54, 1.807) is 0 Å². The fourth-order valence-corrected chi connectivity index (χ4v) is 2.25. The van der Waals surface area contributed by atoms with E-state index in [-0.39, 0.29) is 0 Å². The van der Waals surface area contributed by atoms with Gasteiger partial charge in [0.1, 0.15) is 0 Å². The number of hydrogen-bond donors (Lipinski definition) is 0. The van der Waals surface area contributed by atoms with Crippen molar-refractivity contribution in [2.24, 2.45) is 15.2 Å². The molecule has 3 rings (SSSR count). The predicted octanol–water partition coefficient (Wildman–Crippen LogP) is 6.42. The van der Waals surface area contributed by atoms with Crippen LogP contribution in [0.2, 0.25) is 0 Å². The van der Waals surface area contributed by atoms with Crippen molar-refractivity contribution in [2.45, 2.75) is 13.3 Å². The summed E-state index contributed by atoms with van der Waals surface area (Å²) in [7, 11) is 0. The summed E-state index contributed by atoms with van der Waals surface area (Å²) in [5, 5.41) is 8.58. The Bertz CT molecular complexity index is 834. The van der Waals surface area contributed by atoms with Gasteiger partial charge in [0, 0.05) is 6.21 Å². The third-order valence-electron chi connectivity index (χ3n) is 3.61. The van der Waals surface area contributed by atoms with Crippen LogP contribution in [0.1, 0.15) is 18.1 Å². The summed E-state index contributed by atoms with van der Waals surface area (Å²) in [6.07, 6.45) is 2.85. The summed E-state index contributed by atoms with van der Waals surface area (Å²) in [5.41, 5.74) is 4.93. The lowest BCUT2D eigenvalue weighted by molar-refractivity contribution is 1.13. The molecule has 0 spiro atoms. The van der Waals surface area contributed by atoms with Crippen LogP contribution in [0.25, 0.3) is 0 Å². The van der Waals surface area contributed by atoms with Crippen LogP contribution in [-0.4, -0.2) is 6.21 Å². The maximum Gasteiger partial charge on any atom is 0.0859 e. The van der Waals surface area contributed by atoms with E-state index in [1.807, 2.05) is 72.9 Å². The Balaban J connectivity index is 1.68. The van der Waals surface area contributed by atoms with Crippen molar-refractivity contribution in [1.29, 1.82) is 0 Å². The quantitative estimate of drug-likeness (QED) is 0.385. The summed E-state index contributed by atoms with van der Waals surface area (Å²) >= 11 is 0. The molecule has 118 valence electrons. The monoisotopic (exact) mass is 313 g/mol. The molecule has 0 saturated heterocycles. The molecule has 0 fully saturated rings. The molecule has 0 amide bonds. The Hall–Kier alpha value is -3.07. The van der Waals surface area contributed by atoms with Gasteiger partial charge in [-0.25, -0.2) is 0 Å². The van der Waals surface area contributed by atoms with Crippen molar-refractivity contribution in [3.05, 3.63) is 90.0 Å². The van der Waals surface area contributed by atoms with Crippen molar-refractivity contribution >= 4 is 23.3 Å². The number of hydrogen-bond acceptors (Lipinski definition) is 3. The van der Waals surface area contributed by atoms with E-state index < -0.39 is 0 Å². The lowest BCUT2D eigenvalue weighted by Gasteiger charge is -1.98. The number of nitrogens with zero attached hydrogens (tertiary/aromatic N) is 3. The highest BCUT2D eigenvalue weighted by Crippen LogP contribution is 2.22. The molecule has 3 nitrogen and oxygen atoms in total. The number of aliphatic imine (C=N–C) groups is 1.